The van der Waals surface area contributed by atoms with Crippen LogP contribution in [-0.2, 0) is 9.84 Å². The van der Waals surface area contributed by atoms with Crippen molar-refractivity contribution in [2.75, 3.05) is 6.26 Å². The fourth-order valence-corrected chi connectivity index (χ4v) is 1.09. The van der Waals surface area contributed by atoms with E-state index in [1.165, 1.54) is 5.41 Å². The largest absolute Gasteiger partial charge is 0.322 e. The molecule has 3 nitrogen and oxygen atoms in total. The Bertz CT molecular complexity index is 249. The van der Waals surface area contributed by atoms with Gasteiger partial charge in [-0.3, -0.25) is 0 Å². The lowest BCUT2D eigenvalue weighted by atomic mass is 10.3. The lowest BCUT2D eigenvalue weighted by Crippen LogP contribution is -2.17. The van der Waals surface area contributed by atoms with Gasteiger partial charge in [-0.1, -0.05) is 6.08 Å². The molecule has 0 aromatic rings. The van der Waals surface area contributed by atoms with Crippen molar-refractivity contribution >= 4 is 9.84 Å². The van der Waals surface area contributed by atoms with Crippen molar-refractivity contribution in [1.82, 2.24) is 0 Å². The summed E-state index contributed by atoms with van der Waals surface area (Å²) in [6.07, 6.45) is 4.54. The Kier molecular flexibility index (Phi) is 1.60. The average molecular weight is 161 g/mol. The molecule has 1 saturated carbocycles. The van der Waals surface area contributed by atoms with Gasteiger partial charge in [-0.25, -0.2) is 8.42 Å². The minimum atomic E-state index is -2.98. The summed E-state index contributed by atoms with van der Waals surface area (Å²) in [5.41, 5.74) is 5.30. The van der Waals surface area contributed by atoms with Crippen LogP contribution in [0.5, 0.6) is 0 Å². The van der Waals surface area contributed by atoms with Crippen LogP contribution >= 0.6 is 0 Å². The molecule has 0 spiro atoms. The number of hydrogen-bond donors (Lipinski definition) is 1. The Hall–Kier alpha value is -0.350. The van der Waals surface area contributed by atoms with Gasteiger partial charge in [-0.2, -0.15) is 0 Å². The van der Waals surface area contributed by atoms with Gasteiger partial charge < -0.3 is 5.73 Å². The minimum absolute atomic E-state index is 0.302. The van der Waals surface area contributed by atoms with Crippen LogP contribution in [0.3, 0.4) is 0 Å². The van der Waals surface area contributed by atoms with Gasteiger partial charge in [0.15, 0.2) is 9.84 Å². The fraction of sp³-hybridized carbons (Fsp3) is 0.667. The molecule has 0 atom stereocenters. The molecule has 0 bridgehead atoms. The van der Waals surface area contributed by atoms with Gasteiger partial charge in [-0.15, -0.1) is 0 Å². The van der Waals surface area contributed by atoms with Crippen LogP contribution in [0, 0.1) is 0 Å². The van der Waals surface area contributed by atoms with Crippen molar-refractivity contribution in [3.63, 3.8) is 0 Å². The highest BCUT2D eigenvalue weighted by atomic mass is 32.2. The summed E-state index contributed by atoms with van der Waals surface area (Å²) < 4.78 is 21.1. The van der Waals surface area contributed by atoms with Gasteiger partial charge in [0.25, 0.3) is 0 Å². The maximum Gasteiger partial charge on any atom is 0.168 e. The summed E-state index contributed by atoms with van der Waals surface area (Å²) in [6.45, 7) is 0. The lowest BCUT2D eigenvalue weighted by Gasteiger charge is -1.96. The predicted molar refractivity (Wildman–Crippen MR) is 40.1 cm³/mol. The molecule has 0 unspecified atom stereocenters. The normalized spacial score (nSPS) is 23.4. The van der Waals surface area contributed by atoms with Crippen molar-refractivity contribution < 1.29 is 8.42 Å². The highest BCUT2D eigenvalue weighted by Gasteiger charge is 2.35. The molecule has 2 N–H and O–H groups in total. The van der Waals surface area contributed by atoms with Gasteiger partial charge >= 0.3 is 0 Å². The maximum absolute atomic E-state index is 10.6. The van der Waals surface area contributed by atoms with Crippen LogP contribution in [0.4, 0.5) is 0 Å². The van der Waals surface area contributed by atoms with Crippen molar-refractivity contribution in [3.05, 3.63) is 11.5 Å². The van der Waals surface area contributed by atoms with Crippen LogP contribution in [0.15, 0.2) is 11.5 Å². The third-order valence-corrected chi connectivity index (χ3v) is 2.10. The minimum Gasteiger partial charge on any atom is -0.322 e. The fourth-order valence-electron chi connectivity index (χ4n) is 0.570. The summed E-state index contributed by atoms with van der Waals surface area (Å²) in [6, 6.07) is 0. The first-order valence-corrected chi connectivity index (χ1v) is 5.05. The molecular weight excluding hydrogens is 150 g/mol. The summed E-state index contributed by atoms with van der Waals surface area (Å²) in [7, 11) is -2.98. The average Bonchev–Trinajstić information content (AvgIpc) is 2.43. The standard InChI is InChI=1S/C6H11NO2S/c1-10(8,9)5-4-6(7)2-3-6/h4-5H,2-3,7H2,1H3. The number of sulfone groups is 1. The van der Waals surface area contributed by atoms with E-state index < -0.39 is 9.84 Å². The zero-order chi connectivity index (χ0) is 7.83. The van der Waals surface area contributed by atoms with Crippen LogP contribution in [0.1, 0.15) is 12.8 Å². The van der Waals surface area contributed by atoms with Gasteiger partial charge in [0.2, 0.25) is 0 Å². The molecule has 0 amide bonds. The molecular formula is C6H11NO2S. The van der Waals surface area contributed by atoms with Crippen molar-refractivity contribution in [2.45, 2.75) is 18.4 Å². The molecule has 1 aliphatic carbocycles. The quantitative estimate of drug-likeness (QED) is 0.622. The molecule has 0 saturated heterocycles. The molecule has 10 heavy (non-hydrogen) atoms. The molecule has 1 rings (SSSR count). The van der Waals surface area contributed by atoms with Crippen molar-refractivity contribution in [3.8, 4) is 0 Å². The Balaban J connectivity index is 2.61. The second-order valence-electron chi connectivity index (χ2n) is 2.87. The van der Waals surface area contributed by atoms with Crippen LogP contribution in [-0.4, -0.2) is 20.2 Å². The van der Waals surface area contributed by atoms with Crippen molar-refractivity contribution in [1.29, 1.82) is 0 Å². The molecule has 0 heterocycles. The molecule has 4 heteroatoms. The third kappa shape index (κ3) is 2.49. The summed E-state index contributed by atoms with van der Waals surface area (Å²) in [5, 5.41) is 1.18. The zero-order valence-corrected chi connectivity index (χ0v) is 6.69. The molecule has 0 radical (unpaired) electrons. The predicted octanol–water partition coefficient (Wildman–Crippen LogP) is 0.0360. The van der Waals surface area contributed by atoms with Gasteiger partial charge in [-0.05, 0) is 12.8 Å². The first kappa shape index (κ1) is 7.75. The highest BCUT2D eigenvalue weighted by molar-refractivity contribution is 7.93. The van der Waals surface area contributed by atoms with Crippen molar-refractivity contribution in [2.24, 2.45) is 5.73 Å². The Morgan fingerprint density at radius 3 is 2.30 bits per heavy atom. The van der Waals surface area contributed by atoms with Gasteiger partial charge in [0, 0.05) is 17.2 Å². The number of nitrogens with two attached hydrogens (primary N) is 1. The van der Waals surface area contributed by atoms with E-state index in [2.05, 4.69) is 0 Å². The zero-order valence-electron chi connectivity index (χ0n) is 5.87. The maximum atomic E-state index is 10.6. The monoisotopic (exact) mass is 161 g/mol. The SMILES string of the molecule is CS(=O)(=O)C=CC1(N)CC1. The molecule has 58 valence electrons. The third-order valence-electron chi connectivity index (χ3n) is 1.47. The molecule has 1 fully saturated rings. The molecule has 0 aromatic carbocycles. The molecule has 0 aromatic heterocycles. The van der Waals surface area contributed by atoms with Crippen LogP contribution in [0.25, 0.3) is 0 Å². The second-order valence-corrected chi connectivity index (χ2v) is 4.80. The number of rotatable bonds is 2. The highest BCUT2D eigenvalue weighted by Crippen LogP contribution is 2.33. The Morgan fingerprint density at radius 2 is 2.00 bits per heavy atom. The topological polar surface area (TPSA) is 60.2 Å². The van der Waals surface area contributed by atoms with E-state index >= 15 is 0 Å². The van der Waals surface area contributed by atoms with Gasteiger partial charge in [0.1, 0.15) is 0 Å². The summed E-state index contributed by atoms with van der Waals surface area (Å²) in [4.78, 5) is 0. The second kappa shape index (κ2) is 2.07. The van der Waals surface area contributed by atoms with E-state index in [-0.39, 0.29) is 5.54 Å². The van der Waals surface area contributed by atoms with E-state index in [1.807, 2.05) is 0 Å². The van der Waals surface area contributed by atoms with Gasteiger partial charge in [0.05, 0.1) is 0 Å². The first-order valence-electron chi connectivity index (χ1n) is 3.10. The smallest absolute Gasteiger partial charge is 0.168 e. The van der Waals surface area contributed by atoms with E-state index in [0.29, 0.717) is 0 Å². The van der Waals surface area contributed by atoms with Crippen LogP contribution < -0.4 is 5.73 Å². The summed E-state index contributed by atoms with van der Waals surface area (Å²) >= 11 is 0. The first-order chi connectivity index (χ1) is 4.41. The van der Waals surface area contributed by atoms with E-state index in [4.69, 9.17) is 5.73 Å². The Morgan fingerprint density at radius 1 is 1.50 bits per heavy atom. The molecule has 0 aliphatic heterocycles. The Labute approximate surface area is 60.8 Å². The lowest BCUT2D eigenvalue weighted by molar-refractivity contribution is 0.609. The summed E-state index contributed by atoms with van der Waals surface area (Å²) in [5.74, 6) is 0. The number of hydrogen-bond acceptors (Lipinski definition) is 3. The van der Waals surface area contributed by atoms with E-state index in [0.717, 1.165) is 19.1 Å². The van der Waals surface area contributed by atoms with E-state index in [9.17, 15) is 8.42 Å². The molecule has 1 aliphatic rings. The van der Waals surface area contributed by atoms with E-state index in [1.54, 1.807) is 6.08 Å². The van der Waals surface area contributed by atoms with Crippen LogP contribution in [0.2, 0.25) is 0 Å².